The summed E-state index contributed by atoms with van der Waals surface area (Å²) in [5, 5.41) is 1.95. The van der Waals surface area contributed by atoms with E-state index in [4.69, 9.17) is 0 Å². The Hall–Kier alpha value is -2.15. The minimum absolute atomic E-state index is 0.911. The Morgan fingerprint density at radius 2 is 1.28 bits per heavy atom. The van der Waals surface area contributed by atoms with Gasteiger partial charge in [-0.1, -0.05) is 98.0 Å². The first kappa shape index (κ1) is 16.3. The highest BCUT2D eigenvalue weighted by atomic mass is 31.2. The maximum Gasteiger partial charge on any atom is 0.164 e. The summed E-state index contributed by atoms with van der Waals surface area (Å²) in [6, 6.07) is 28.7. The molecule has 0 aliphatic carbocycles. The van der Waals surface area contributed by atoms with Gasteiger partial charge in [-0.05, 0) is 21.6 Å². The van der Waals surface area contributed by atoms with Gasteiger partial charge in [0.2, 0.25) is 0 Å². The molecule has 0 saturated heterocycles. The fourth-order valence-electron chi connectivity index (χ4n) is 3.73. The van der Waals surface area contributed by atoms with E-state index in [0.717, 1.165) is 16.2 Å². The van der Waals surface area contributed by atoms with Crippen LogP contribution in [0.4, 0.5) is 0 Å². The average molecular weight is 359 g/mol. The minimum Gasteiger partial charge on any atom is -0.309 e. The third-order valence-electron chi connectivity index (χ3n) is 4.72. The fourth-order valence-corrected chi connectivity index (χ4v) is 10.5. The van der Waals surface area contributed by atoms with Crippen molar-refractivity contribution in [3.05, 3.63) is 101 Å². The van der Waals surface area contributed by atoms with Crippen LogP contribution in [0.5, 0.6) is 0 Å². The summed E-state index contributed by atoms with van der Waals surface area (Å²) in [4.78, 5) is 1.18. The second kappa shape index (κ2) is 6.29. The lowest BCUT2D eigenvalue weighted by Crippen LogP contribution is -2.19. The number of hydrogen-bond acceptors (Lipinski definition) is 1. The summed E-state index contributed by atoms with van der Waals surface area (Å²) < 4.78 is 14.6. The molecule has 0 spiro atoms. The maximum atomic E-state index is 14.6. The summed E-state index contributed by atoms with van der Waals surface area (Å²) in [6.45, 7) is 4.51. The molecule has 0 N–H and O–H groups in total. The van der Waals surface area contributed by atoms with Crippen LogP contribution in [0, 0.1) is 0 Å². The van der Waals surface area contributed by atoms with Gasteiger partial charge in [-0.2, -0.15) is 0 Å². The van der Waals surface area contributed by atoms with Gasteiger partial charge >= 0.3 is 0 Å². The van der Waals surface area contributed by atoms with Gasteiger partial charge in [0.25, 0.3) is 0 Å². The molecule has 4 rings (SSSR count). The van der Waals surface area contributed by atoms with Gasteiger partial charge in [0, 0.05) is 10.6 Å². The predicted octanol–water partition coefficient (Wildman–Crippen LogP) is 5.07. The van der Waals surface area contributed by atoms with Crippen molar-refractivity contribution in [1.82, 2.24) is 0 Å². The Balaban J connectivity index is 2.12. The molecule has 1 aliphatic rings. The first-order chi connectivity index (χ1) is 12.1. The monoisotopic (exact) mass is 359 g/mol. The summed E-state index contributed by atoms with van der Waals surface area (Å²) in [7, 11) is -3.69. The van der Waals surface area contributed by atoms with Crippen LogP contribution in [0.25, 0.3) is 5.57 Å². The van der Waals surface area contributed by atoms with E-state index in [1.54, 1.807) is 0 Å². The molecule has 0 aromatic heterocycles. The van der Waals surface area contributed by atoms with Crippen LogP contribution in [-0.2, 0) is 4.57 Å². The van der Waals surface area contributed by atoms with Crippen molar-refractivity contribution >= 4 is 32.1 Å². The molecule has 1 heterocycles. The summed E-state index contributed by atoms with van der Waals surface area (Å²) in [5.74, 6) is 0. The first-order valence-corrected chi connectivity index (χ1v) is 12.7. The standard InChI is InChI=1S/C22H20OPSi/c1-25(2)22-21(17-11-5-3-6-12-17)19-15-9-10-16-20(19)24(22,23)18-13-7-4-8-14-18/h3-16H,1-2H3. The highest BCUT2D eigenvalue weighted by Gasteiger charge is 2.43. The second-order valence-corrected chi connectivity index (χ2v) is 12.1. The smallest absolute Gasteiger partial charge is 0.164 e. The molecule has 0 bridgehead atoms. The van der Waals surface area contributed by atoms with E-state index in [-0.39, 0.29) is 0 Å². The van der Waals surface area contributed by atoms with Gasteiger partial charge in [-0.15, -0.1) is 0 Å². The lowest BCUT2D eigenvalue weighted by molar-refractivity contribution is 0.592. The molecule has 1 aliphatic heterocycles. The molecule has 25 heavy (non-hydrogen) atoms. The topological polar surface area (TPSA) is 17.1 Å². The van der Waals surface area contributed by atoms with E-state index in [9.17, 15) is 4.57 Å². The van der Waals surface area contributed by atoms with Crippen LogP contribution in [0.15, 0.2) is 89.9 Å². The molecule has 3 aromatic rings. The second-order valence-electron chi connectivity index (χ2n) is 6.55. The van der Waals surface area contributed by atoms with E-state index in [0.29, 0.717) is 0 Å². The zero-order chi connectivity index (χ0) is 17.4. The first-order valence-electron chi connectivity index (χ1n) is 8.50. The van der Waals surface area contributed by atoms with Crippen LogP contribution in [0.2, 0.25) is 13.1 Å². The molecule has 0 amide bonds. The lowest BCUT2D eigenvalue weighted by Gasteiger charge is -2.21. The molecule has 3 aromatic carbocycles. The van der Waals surface area contributed by atoms with E-state index in [1.165, 1.54) is 16.1 Å². The van der Waals surface area contributed by atoms with E-state index in [1.807, 2.05) is 42.5 Å². The normalized spacial score (nSPS) is 19.3. The zero-order valence-corrected chi connectivity index (χ0v) is 16.3. The summed E-state index contributed by atoms with van der Waals surface area (Å²) in [5.41, 5.74) is 3.51. The van der Waals surface area contributed by atoms with Crippen LogP contribution in [-0.4, -0.2) is 8.80 Å². The maximum absolute atomic E-state index is 14.6. The van der Waals surface area contributed by atoms with Crippen molar-refractivity contribution in [2.75, 3.05) is 0 Å². The van der Waals surface area contributed by atoms with Crippen LogP contribution in [0.3, 0.4) is 0 Å². The predicted molar refractivity (Wildman–Crippen MR) is 110 cm³/mol. The van der Waals surface area contributed by atoms with Crippen LogP contribution >= 0.6 is 7.14 Å². The van der Waals surface area contributed by atoms with Gasteiger partial charge in [0.1, 0.15) is 0 Å². The Morgan fingerprint density at radius 1 is 0.720 bits per heavy atom. The van der Waals surface area contributed by atoms with Crippen LogP contribution in [0.1, 0.15) is 11.1 Å². The molecular weight excluding hydrogens is 339 g/mol. The van der Waals surface area contributed by atoms with Crippen molar-refractivity contribution < 1.29 is 4.57 Å². The summed E-state index contributed by atoms with van der Waals surface area (Å²) in [6.07, 6.45) is 0. The Labute approximate surface area is 151 Å². The minimum atomic E-state index is -2.78. The van der Waals surface area contributed by atoms with Crippen molar-refractivity contribution in [3.63, 3.8) is 0 Å². The van der Waals surface area contributed by atoms with Crippen molar-refractivity contribution in [3.8, 4) is 0 Å². The Morgan fingerprint density at radius 3 is 1.92 bits per heavy atom. The molecule has 1 nitrogen and oxygen atoms in total. The number of hydrogen-bond donors (Lipinski definition) is 0. The molecule has 0 saturated carbocycles. The molecule has 1 atom stereocenters. The Kier molecular flexibility index (Phi) is 4.11. The van der Waals surface area contributed by atoms with Crippen molar-refractivity contribution in [1.29, 1.82) is 0 Å². The SMILES string of the molecule is C[Si](C)C1=C(c2ccccc2)c2ccccc2P1(=O)c1ccccc1. The van der Waals surface area contributed by atoms with E-state index >= 15 is 0 Å². The number of fused-ring (bicyclic) bond motifs is 1. The fraction of sp³-hybridized carbons (Fsp3) is 0.0909. The molecule has 1 unspecified atom stereocenters. The van der Waals surface area contributed by atoms with Crippen LogP contribution < -0.4 is 10.6 Å². The molecule has 1 radical (unpaired) electrons. The van der Waals surface area contributed by atoms with Gasteiger partial charge < -0.3 is 4.57 Å². The number of benzene rings is 3. The highest BCUT2D eigenvalue weighted by Crippen LogP contribution is 2.61. The van der Waals surface area contributed by atoms with Gasteiger partial charge in [-0.25, -0.2) is 0 Å². The Bertz CT molecular complexity index is 991. The third-order valence-corrected chi connectivity index (χ3v) is 11.2. The molecule has 0 fully saturated rings. The summed E-state index contributed by atoms with van der Waals surface area (Å²) >= 11 is 0. The highest BCUT2D eigenvalue weighted by molar-refractivity contribution is 7.85. The molecule has 3 heteroatoms. The van der Waals surface area contributed by atoms with Gasteiger partial charge in [0.15, 0.2) is 7.14 Å². The molecular formula is C22H20OPSi. The van der Waals surface area contributed by atoms with Crippen molar-refractivity contribution in [2.45, 2.75) is 13.1 Å². The van der Waals surface area contributed by atoms with Gasteiger partial charge in [0.05, 0.1) is 8.80 Å². The lowest BCUT2D eigenvalue weighted by atomic mass is 10.00. The molecule has 123 valence electrons. The van der Waals surface area contributed by atoms with E-state index < -0.39 is 15.9 Å². The number of rotatable bonds is 3. The van der Waals surface area contributed by atoms with Gasteiger partial charge in [-0.3, -0.25) is 0 Å². The van der Waals surface area contributed by atoms with Crippen molar-refractivity contribution in [2.24, 2.45) is 0 Å². The average Bonchev–Trinajstić information content (AvgIpc) is 2.94. The quantitative estimate of drug-likeness (QED) is 0.471. The third kappa shape index (κ3) is 2.49. The zero-order valence-electron chi connectivity index (χ0n) is 14.4. The largest absolute Gasteiger partial charge is 0.309 e. The van der Waals surface area contributed by atoms with E-state index in [2.05, 4.69) is 55.6 Å².